The summed E-state index contributed by atoms with van der Waals surface area (Å²) in [5, 5.41) is 0. The maximum absolute atomic E-state index is 12.9. The molecule has 1 aliphatic rings. The van der Waals surface area contributed by atoms with Crippen molar-refractivity contribution in [1.82, 2.24) is 9.88 Å². The molecule has 1 atom stereocenters. The van der Waals surface area contributed by atoms with E-state index in [-0.39, 0.29) is 11.8 Å². The van der Waals surface area contributed by atoms with Crippen LogP contribution < -0.4 is 0 Å². The van der Waals surface area contributed by atoms with Crippen LogP contribution in [0.3, 0.4) is 0 Å². The first-order valence-electron chi connectivity index (χ1n) is 9.39. The number of likely N-dealkylation sites (tertiary alicyclic amines) is 1. The Hall–Kier alpha value is -3.15. The maximum Gasteiger partial charge on any atom is 0.416 e. The maximum atomic E-state index is 12.9. The molecule has 3 nitrogen and oxygen atoms in total. The highest BCUT2D eigenvalue weighted by Gasteiger charge is 2.30. The summed E-state index contributed by atoms with van der Waals surface area (Å²) in [6.07, 6.45) is 0.0715. The minimum atomic E-state index is -4.38. The molecule has 2 heterocycles. The first-order chi connectivity index (χ1) is 13.9. The summed E-state index contributed by atoms with van der Waals surface area (Å²) in [5.74, 6) is 0.212. The molecule has 0 saturated carbocycles. The normalized spacial score (nSPS) is 16.8. The number of aromatic nitrogens is 1. The lowest BCUT2D eigenvalue weighted by Crippen LogP contribution is -2.28. The van der Waals surface area contributed by atoms with Gasteiger partial charge in [-0.15, -0.1) is 0 Å². The summed E-state index contributed by atoms with van der Waals surface area (Å²) >= 11 is 0. The van der Waals surface area contributed by atoms with Gasteiger partial charge in [0.2, 0.25) is 0 Å². The van der Waals surface area contributed by atoms with Crippen molar-refractivity contribution in [3.05, 3.63) is 89.7 Å². The van der Waals surface area contributed by atoms with Crippen molar-refractivity contribution in [2.45, 2.75) is 18.5 Å². The zero-order chi connectivity index (χ0) is 20.4. The molecule has 0 bridgehead atoms. The van der Waals surface area contributed by atoms with Crippen LogP contribution in [0.25, 0.3) is 11.1 Å². The van der Waals surface area contributed by atoms with Crippen LogP contribution in [0.5, 0.6) is 0 Å². The average Bonchev–Trinajstić information content (AvgIpc) is 3.24. The Morgan fingerprint density at radius 1 is 1.00 bits per heavy atom. The van der Waals surface area contributed by atoms with Gasteiger partial charge in [0, 0.05) is 37.0 Å². The zero-order valence-electron chi connectivity index (χ0n) is 15.6. The fourth-order valence-electron chi connectivity index (χ4n) is 3.70. The molecule has 1 amide bonds. The van der Waals surface area contributed by atoms with Crippen LogP contribution in [0.15, 0.2) is 73.1 Å². The van der Waals surface area contributed by atoms with Crippen molar-refractivity contribution in [3.63, 3.8) is 0 Å². The van der Waals surface area contributed by atoms with E-state index in [9.17, 15) is 18.0 Å². The molecule has 4 rings (SSSR count). The number of nitrogens with zero attached hydrogens (tertiary/aromatic N) is 2. The van der Waals surface area contributed by atoms with Gasteiger partial charge in [0.1, 0.15) is 0 Å². The Kier molecular flexibility index (Phi) is 5.09. The van der Waals surface area contributed by atoms with E-state index < -0.39 is 11.7 Å². The molecule has 1 aromatic heterocycles. The molecule has 29 heavy (non-hydrogen) atoms. The molecule has 0 aliphatic carbocycles. The Morgan fingerprint density at radius 3 is 2.48 bits per heavy atom. The first kappa shape index (κ1) is 19.2. The second-order valence-electron chi connectivity index (χ2n) is 7.18. The number of hydrogen-bond donors (Lipinski definition) is 0. The van der Waals surface area contributed by atoms with Gasteiger partial charge in [-0.3, -0.25) is 9.78 Å². The number of carbonyl (C=O) groups is 1. The third kappa shape index (κ3) is 4.16. The van der Waals surface area contributed by atoms with Gasteiger partial charge >= 0.3 is 6.18 Å². The van der Waals surface area contributed by atoms with Crippen LogP contribution in [0.4, 0.5) is 13.2 Å². The second-order valence-corrected chi connectivity index (χ2v) is 7.18. The molecule has 1 fully saturated rings. The Labute approximate surface area is 166 Å². The number of hydrogen-bond acceptors (Lipinski definition) is 2. The average molecular weight is 396 g/mol. The van der Waals surface area contributed by atoms with Crippen LogP contribution >= 0.6 is 0 Å². The van der Waals surface area contributed by atoms with E-state index in [4.69, 9.17) is 0 Å². The smallest absolute Gasteiger partial charge is 0.338 e. The number of rotatable bonds is 3. The highest BCUT2D eigenvalue weighted by Crippen LogP contribution is 2.32. The minimum Gasteiger partial charge on any atom is -0.338 e. The van der Waals surface area contributed by atoms with Crippen molar-refractivity contribution in [2.75, 3.05) is 13.1 Å². The highest BCUT2D eigenvalue weighted by atomic mass is 19.4. The molecule has 0 radical (unpaired) electrons. The van der Waals surface area contributed by atoms with E-state index in [0.29, 0.717) is 29.8 Å². The number of pyridine rings is 1. The van der Waals surface area contributed by atoms with Crippen LogP contribution in [-0.2, 0) is 6.18 Å². The lowest BCUT2D eigenvalue weighted by Gasteiger charge is -2.17. The van der Waals surface area contributed by atoms with Crippen molar-refractivity contribution in [2.24, 2.45) is 0 Å². The van der Waals surface area contributed by atoms with E-state index >= 15 is 0 Å². The van der Waals surface area contributed by atoms with Gasteiger partial charge in [0.25, 0.3) is 5.91 Å². The van der Waals surface area contributed by atoms with Crippen LogP contribution in [0.1, 0.15) is 33.8 Å². The Balaban J connectivity index is 1.48. The molecule has 148 valence electrons. The van der Waals surface area contributed by atoms with Gasteiger partial charge in [0.05, 0.1) is 5.56 Å². The Morgan fingerprint density at radius 2 is 1.79 bits per heavy atom. The van der Waals surface area contributed by atoms with E-state index in [1.165, 1.54) is 6.07 Å². The monoisotopic (exact) mass is 396 g/mol. The third-order valence-electron chi connectivity index (χ3n) is 5.29. The van der Waals surface area contributed by atoms with Crippen LogP contribution in [0.2, 0.25) is 0 Å². The summed E-state index contributed by atoms with van der Waals surface area (Å²) in [6, 6.07) is 15.8. The molecule has 6 heteroatoms. The van der Waals surface area contributed by atoms with E-state index in [0.717, 1.165) is 24.1 Å². The fourth-order valence-corrected chi connectivity index (χ4v) is 3.70. The summed E-state index contributed by atoms with van der Waals surface area (Å²) in [6.45, 7) is 1.31. The molecular formula is C23H19F3N2O. The minimum absolute atomic E-state index is 0.0630. The number of halogens is 3. The quantitative estimate of drug-likeness (QED) is 0.594. The molecule has 1 aliphatic heterocycles. The zero-order valence-corrected chi connectivity index (χ0v) is 15.6. The molecule has 1 unspecified atom stereocenters. The molecular weight excluding hydrogens is 377 g/mol. The number of amides is 1. The van der Waals surface area contributed by atoms with Crippen molar-refractivity contribution in [1.29, 1.82) is 0 Å². The standard InChI is InChI=1S/C23H19F3N2O/c24-23(25,26)21-5-1-3-18(13-21)16-6-8-17(9-7-16)22(29)28-12-10-20(15-28)19-4-2-11-27-14-19/h1-9,11,13-14,20H,10,12,15H2. The lowest BCUT2D eigenvalue weighted by atomic mass is 10.0. The molecule has 2 aromatic carbocycles. The fraction of sp³-hybridized carbons (Fsp3) is 0.217. The van der Waals surface area contributed by atoms with E-state index in [1.54, 1.807) is 36.5 Å². The lowest BCUT2D eigenvalue weighted by molar-refractivity contribution is -0.137. The number of benzene rings is 2. The summed E-state index contributed by atoms with van der Waals surface area (Å²) < 4.78 is 38.8. The van der Waals surface area contributed by atoms with Gasteiger partial charge in [-0.2, -0.15) is 13.2 Å². The van der Waals surface area contributed by atoms with Crippen molar-refractivity contribution < 1.29 is 18.0 Å². The van der Waals surface area contributed by atoms with E-state index in [1.807, 2.05) is 23.2 Å². The predicted octanol–water partition coefficient (Wildman–Crippen LogP) is 5.40. The number of carbonyl (C=O) groups excluding carboxylic acids is 1. The SMILES string of the molecule is O=C(c1ccc(-c2cccc(C(F)(F)F)c2)cc1)N1CCC(c2cccnc2)C1. The molecule has 0 N–H and O–H groups in total. The van der Waals surface area contributed by atoms with Crippen LogP contribution in [0, 0.1) is 0 Å². The van der Waals surface area contributed by atoms with Gasteiger partial charge < -0.3 is 4.90 Å². The summed E-state index contributed by atoms with van der Waals surface area (Å²) in [7, 11) is 0. The van der Waals surface area contributed by atoms with Gasteiger partial charge in [0.15, 0.2) is 0 Å². The van der Waals surface area contributed by atoms with Crippen molar-refractivity contribution >= 4 is 5.91 Å². The summed E-state index contributed by atoms with van der Waals surface area (Å²) in [4.78, 5) is 18.8. The second kappa shape index (κ2) is 7.70. The number of alkyl halides is 3. The summed E-state index contributed by atoms with van der Waals surface area (Å²) in [5.41, 5.74) is 2.09. The van der Waals surface area contributed by atoms with Gasteiger partial charge in [-0.25, -0.2) is 0 Å². The molecule has 1 saturated heterocycles. The van der Waals surface area contributed by atoms with Crippen LogP contribution in [-0.4, -0.2) is 28.9 Å². The topological polar surface area (TPSA) is 33.2 Å². The first-order valence-corrected chi connectivity index (χ1v) is 9.39. The van der Waals surface area contributed by atoms with Crippen molar-refractivity contribution in [3.8, 4) is 11.1 Å². The molecule has 3 aromatic rings. The predicted molar refractivity (Wildman–Crippen MR) is 104 cm³/mol. The van der Waals surface area contributed by atoms with E-state index in [2.05, 4.69) is 4.98 Å². The Bertz CT molecular complexity index is 1000. The van der Waals surface area contributed by atoms with Gasteiger partial charge in [-0.05, 0) is 53.4 Å². The third-order valence-corrected chi connectivity index (χ3v) is 5.29. The largest absolute Gasteiger partial charge is 0.416 e. The van der Waals surface area contributed by atoms with Gasteiger partial charge in [-0.1, -0.05) is 30.3 Å². The highest BCUT2D eigenvalue weighted by molar-refractivity contribution is 5.95. The molecule has 0 spiro atoms.